The van der Waals surface area contributed by atoms with Crippen molar-refractivity contribution in [3.63, 3.8) is 0 Å². The Bertz CT molecular complexity index is 48.1. The molecule has 0 aliphatic rings. The molecule has 0 aromatic heterocycles. The number of nitrogens with zero attached hydrogens (tertiary/aromatic N) is 1. The molecule has 0 bridgehead atoms. The third-order valence-corrected chi connectivity index (χ3v) is 0.823. The number of hydrogen-bond acceptors (Lipinski definition) is 2. The van der Waals surface area contributed by atoms with E-state index in [1.807, 2.05) is 6.92 Å². The Morgan fingerprint density at radius 2 is 2.50 bits per heavy atom. The van der Waals surface area contributed by atoms with E-state index >= 15 is 0 Å². The van der Waals surface area contributed by atoms with E-state index in [0.717, 1.165) is 0 Å². The zero-order valence-electron chi connectivity index (χ0n) is 3.59. The van der Waals surface area contributed by atoms with Crippen LogP contribution in [0.3, 0.4) is 0 Å². The summed E-state index contributed by atoms with van der Waals surface area (Å²) in [5, 5.41) is 0. The average Bonchev–Trinajstić information content (AvgIpc) is 1.65. The Kier molecular flexibility index (Phi) is 2.94. The third kappa shape index (κ3) is 2.08. The van der Waals surface area contributed by atoms with Crippen LogP contribution in [0.25, 0.3) is 0 Å². The topological polar surface area (TPSA) is 20.3 Å². The van der Waals surface area contributed by atoms with Crippen LogP contribution in [0, 0.1) is 0 Å². The van der Waals surface area contributed by atoms with Gasteiger partial charge in [-0.3, -0.25) is 9.10 Å². The smallest absolute Gasteiger partial charge is 0.219 e. The maximum absolute atomic E-state index is 9.59. The molecule has 0 atom stereocenters. The molecule has 0 aliphatic heterocycles. The predicted molar refractivity (Wildman–Crippen MR) is 27.4 cm³/mol. The lowest BCUT2D eigenvalue weighted by molar-refractivity contribution is -0.113. The normalized spacial score (nSPS) is 7.67. The van der Waals surface area contributed by atoms with Gasteiger partial charge >= 0.3 is 0 Å². The van der Waals surface area contributed by atoms with Gasteiger partial charge in [0.25, 0.3) is 0 Å². The fourth-order valence-electron chi connectivity index (χ4n) is 0.0745. The first-order valence-electron chi connectivity index (χ1n) is 1.72. The molecule has 0 N–H and O–H groups in total. The first-order chi connectivity index (χ1) is 2.81. The molecular weight excluding hydrogens is 98.1 g/mol. The van der Waals surface area contributed by atoms with Gasteiger partial charge in [-0.15, -0.1) is 0 Å². The van der Waals surface area contributed by atoms with Crippen LogP contribution < -0.4 is 0 Å². The Hall–Kier alpha value is -0.180. The molecule has 0 fully saturated rings. The van der Waals surface area contributed by atoms with Crippen LogP contribution in [0.1, 0.15) is 6.92 Å². The SMILES string of the molecule is CCN(S)C=O. The first kappa shape index (κ1) is 5.82. The molecule has 0 rings (SSSR count). The van der Waals surface area contributed by atoms with Crippen molar-refractivity contribution < 1.29 is 4.79 Å². The summed E-state index contributed by atoms with van der Waals surface area (Å²) in [6.45, 7) is 2.51. The molecule has 2 nitrogen and oxygen atoms in total. The number of carbonyl (C=O) groups excluding carboxylic acids is 1. The highest BCUT2D eigenvalue weighted by atomic mass is 32.1. The van der Waals surface area contributed by atoms with Crippen molar-refractivity contribution in [1.82, 2.24) is 4.31 Å². The first-order valence-corrected chi connectivity index (χ1v) is 2.12. The maximum Gasteiger partial charge on any atom is 0.219 e. The highest BCUT2D eigenvalue weighted by molar-refractivity contribution is 7.78. The minimum Gasteiger partial charge on any atom is -0.292 e. The lowest BCUT2D eigenvalue weighted by atomic mass is 10.8. The quantitative estimate of drug-likeness (QED) is 0.396. The van der Waals surface area contributed by atoms with Gasteiger partial charge in [-0.05, 0) is 6.92 Å². The summed E-state index contributed by atoms with van der Waals surface area (Å²) < 4.78 is 1.26. The fourth-order valence-corrected chi connectivity index (χ4v) is 0.0745. The van der Waals surface area contributed by atoms with Crippen molar-refractivity contribution in [3.8, 4) is 0 Å². The number of hydrogen-bond donors (Lipinski definition) is 1. The summed E-state index contributed by atoms with van der Waals surface area (Å²) in [4.78, 5) is 9.59. The summed E-state index contributed by atoms with van der Waals surface area (Å²) in [6.07, 6.45) is 0.670. The molecule has 0 saturated heterocycles. The van der Waals surface area contributed by atoms with E-state index in [0.29, 0.717) is 13.0 Å². The highest BCUT2D eigenvalue weighted by Crippen LogP contribution is 1.81. The van der Waals surface area contributed by atoms with Gasteiger partial charge in [-0.2, -0.15) is 0 Å². The second-order valence-corrected chi connectivity index (χ2v) is 1.37. The molecule has 0 aliphatic carbocycles. The molecular formula is C3H7NOS. The van der Waals surface area contributed by atoms with Crippen LogP contribution in [0.5, 0.6) is 0 Å². The molecule has 0 saturated carbocycles. The Morgan fingerprint density at radius 3 is 2.50 bits per heavy atom. The van der Waals surface area contributed by atoms with E-state index in [9.17, 15) is 4.79 Å². The van der Waals surface area contributed by atoms with Crippen molar-refractivity contribution in [2.75, 3.05) is 6.54 Å². The summed E-state index contributed by atoms with van der Waals surface area (Å²) in [7, 11) is 0. The Balaban J connectivity index is 2.96. The second-order valence-electron chi connectivity index (χ2n) is 0.861. The largest absolute Gasteiger partial charge is 0.292 e. The number of amides is 1. The van der Waals surface area contributed by atoms with Crippen LogP contribution in [-0.4, -0.2) is 17.3 Å². The molecule has 36 valence electrons. The lowest BCUT2D eigenvalue weighted by Crippen LogP contribution is -2.06. The van der Waals surface area contributed by atoms with E-state index in [2.05, 4.69) is 12.8 Å². The standard InChI is InChI=1S/C3H7NOS/c1-2-4(6)3-5/h3,6H,2H2,1H3. The van der Waals surface area contributed by atoms with E-state index in [4.69, 9.17) is 0 Å². The van der Waals surface area contributed by atoms with Crippen molar-refractivity contribution in [3.05, 3.63) is 0 Å². The second kappa shape index (κ2) is 3.03. The molecule has 6 heavy (non-hydrogen) atoms. The van der Waals surface area contributed by atoms with Crippen LogP contribution in [0.4, 0.5) is 0 Å². The summed E-state index contributed by atoms with van der Waals surface area (Å²) in [5.74, 6) is 0. The van der Waals surface area contributed by atoms with Gasteiger partial charge in [0.15, 0.2) is 0 Å². The minimum absolute atomic E-state index is 0.659. The molecule has 0 aromatic rings. The number of thiol groups is 1. The Labute approximate surface area is 42.7 Å². The monoisotopic (exact) mass is 105 g/mol. The molecule has 0 radical (unpaired) electrons. The summed E-state index contributed by atoms with van der Waals surface area (Å²) >= 11 is 3.70. The van der Waals surface area contributed by atoms with Gasteiger partial charge in [0.05, 0.1) is 0 Å². The van der Waals surface area contributed by atoms with Gasteiger partial charge in [-0.1, -0.05) is 12.8 Å². The van der Waals surface area contributed by atoms with Gasteiger partial charge in [-0.25, -0.2) is 0 Å². The van der Waals surface area contributed by atoms with Gasteiger partial charge < -0.3 is 0 Å². The van der Waals surface area contributed by atoms with E-state index in [1.165, 1.54) is 4.31 Å². The fraction of sp³-hybridized carbons (Fsp3) is 0.667. The average molecular weight is 105 g/mol. The van der Waals surface area contributed by atoms with E-state index < -0.39 is 0 Å². The summed E-state index contributed by atoms with van der Waals surface area (Å²) in [5.41, 5.74) is 0. The Morgan fingerprint density at radius 1 is 2.00 bits per heavy atom. The molecule has 0 aromatic carbocycles. The zero-order valence-corrected chi connectivity index (χ0v) is 4.48. The maximum atomic E-state index is 9.59. The van der Waals surface area contributed by atoms with Gasteiger partial charge in [0, 0.05) is 6.54 Å². The van der Waals surface area contributed by atoms with Gasteiger partial charge in [0.1, 0.15) is 0 Å². The van der Waals surface area contributed by atoms with E-state index in [1.54, 1.807) is 0 Å². The third-order valence-electron chi connectivity index (χ3n) is 0.446. The van der Waals surface area contributed by atoms with Crippen LogP contribution in [0.2, 0.25) is 0 Å². The number of rotatable bonds is 2. The van der Waals surface area contributed by atoms with Crippen molar-refractivity contribution in [1.29, 1.82) is 0 Å². The lowest BCUT2D eigenvalue weighted by Gasteiger charge is -1.99. The van der Waals surface area contributed by atoms with Crippen LogP contribution in [0.15, 0.2) is 0 Å². The number of carbonyl (C=O) groups is 1. The summed E-state index contributed by atoms with van der Waals surface area (Å²) in [6, 6.07) is 0. The van der Waals surface area contributed by atoms with Crippen molar-refractivity contribution >= 4 is 19.2 Å². The molecule has 0 unspecified atom stereocenters. The van der Waals surface area contributed by atoms with E-state index in [-0.39, 0.29) is 0 Å². The van der Waals surface area contributed by atoms with Crippen molar-refractivity contribution in [2.24, 2.45) is 0 Å². The molecule has 0 spiro atoms. The molecule has 3 heteroatoms. The van der Waals surface area contributed by atoms with Gasteiger partial charge in [0.2, 0.25) is 6.41 Å². The highest BCUT2D eigenvalue weighted by Gasteiger charge is 1.80. The molecule has 0 heterocycles. The minimum atomic E-state index is 0.659. The van der Waals surface area contributed by atoms with Crippen LogP contribution in [-0.2, 0) is 4.79 Å². The van der Waals surface area contributed by atoms with Crippen molar-refractivity contribution in [2.45, 2.75) is 6.92 Å². The molecule has 1 amide bonds. The van der Waals surface area contributed by atoms with Crippen LogP contribution >= 0.6 is 12.8 Å². The zero-order chi connectivity index (χ0) is 4.99. The predicted octanol–water partition coefficient (Wildman–Crippen LogP) is 0.309.